The van der Waals surface area contributed by atoms with Crippen molar-refractivity contribution in [1.82, 2.24) is 9.99 Å². The van der Waals surface area contributed by atoms with E-state index in [4.69, 9.17) is 0 Å². The number of hydrogen-bond acceptors (Lipinski definition) is 2. The molecule has 1 fully saturated rings. The summed E-state index contributed by atoms with van der Waals surface area (Å²) in [6.45, 7) is 6.94. The summed E-state index contributed by atoms with van der Waals surface area (Å²) in [5.41, 5.74) is 6.49. The van der Waals surface area contributed by atoms with E-state index in [2.05, 4.69) is 16.9 Å². The highest BCUT2D eigenvalue weighted by Gasteiger charge is 2.34. The molecule has 5 nitrogen and oxygen atoms in total. The lowest BCUT2D eigenvalue weighted by molar-refractivity contribution is -0.117. The van der Waals surface area contributed by atoms with Gasteiger partial charge in [0.1, 0.15) is 5.57 Å². The molecule has 0 aliphatic carbocycles. The van der Waals surface area contributed by atoms with Crippen molar-refractivity contribution in [3.63, 3.8) is 0 Å². The maximum absolute atomic E-state index is 12.6. The van der Waals surface area contributed by atoms with Crippen molar-refractivity contribution in [2.45, 2.75) is 27.3 Å². The Hall–Kier alpha value is -2.82. The van der Waals surface area contributed by atoms with Gasteiger partial charge in [-0.05, 0) is 50.6 Å². The summed E-state index contributed by atoms with van der Waals surface area (Å²) in [6.07, 6.45) is 1.68. The summed E-state index contributed by atoms with van der Waals surface area (Å²) in [4.78, 5) is 24.8. The molecule has 2 heterocycles. The van der Waals surface area contributed by atoms with Gasteiger partial charge >= 0.3 is 0 Å². The summed E-state index contributed by atoms with van der Waals surface area (Å²) in [7, 11) is 0. The summed E-state index contributed by atoms with van der Waals surface area (Å²) >= 11 is 0. The number of nitrogens with one attached hydrogen (secondary N) is 1. The molecule has 1 aliphatic heterocycles. The average Bonchev–Trinajstić information content (AvgIpc) is 2.98. The fourth-order valence-electron chi connectivity index (χ4n) is 2.93. The van der Waals surface area contributed by atoms with Crippen LogP contribution in [0.1, 0.15) is 23.9 Å². The molecular formula is C18H19N3O2. The van der Waals surface area contributed by atoms with Gasteiger partial charge in [0.2, 0.25) is 0 Å². The zero-order chi connectivity index (χ0) is 16.6. The minimum absolute atomic E-state index is 0.158. The molecule has 2 aromatic rings. The first-order chi connectivity index (χ1) is 11.0. The van der Waals surface area contributed by atoms with Crippen LogP contribution in [-0.2, 0) is 16.1 Å². The molecule has 1 saturated heterocycles. The number of amides is 2. The molecule has 0 saturated carbocycles. The van der Waals surface area contributed by atoms with Crippen molar-refractivity contribution >= 4 is 23.6 Å². The molecule has 1 aromatic carbocycles. The van der Waals surface area contributed by atoms with Crippen molar-refractivity contribution in [2.75, 3.05) is 5.01 Å². The Morgan fingerprint density at radius 2 is 1.83 bits per heavy atom. The van der Waals surface area contributed by atoms with E-state index in [1.54, 1.807) is 18.2 Å². The zero-order valence-electron chi connectivity index (χ0n) is 13.5. The molecule has 0 bridgehead atoms. The standard InChI is InChI=1S/C18H19N3O2/c1-4-20-12(2)10-14(13(20)3)11-16-17(22)19-21(18(16)23)15-8-6-5-7-9-15/h5-11H,4H2,1-3H3,(H,19,22)/b16-11-. The number of nitrogens with zero attached hydrogens (tertiary/aromatic N) is 2. The highest BCUT2D eigenvalue weighted by atomic mass is 16.2. The van der Waals surface area contributed by atoms with Crippen LogP contribution in [0.5, 0.6) is 0 Å². The largest absolute Gasteiger partial charge is 0.349 e. The number of carbonyl (C=O) groups excluding carboxylic acids is 2. The number of rotatable bonds is 3. The van der Waals surface area contributed by atoms with E-state index < -0.39 is 0 Å². The first kappa shape index (κ1) is 15.1. The molecule has 5 heteroatoms. The van der Waals surface area contributed by atoms with E-state index >= 15 is 0 Å². The van der Waals surface area contributed by atoms with Crippen molar-refractivity contribution in [3.8, 4) is 0 Å². The fourth-order valence-corrected chi connectivity index (χ4v) is 2.93. The molecule has 0 radical (unpaired) electrons. The van der Waals surface area contributed by atoms with Crippen LogP contribution in [0, 0.1) is 13.8 Å². The number of benzene rings is 1. The van der Waals surface area contributed by atoms with Crippen LogP contribution >= 0.6 is 0 Å². The summed E-state index contributed by atoms with van der Waals surface area (Å²) in [5, 5.41) is 1.28. The van der Waals surface area contributed by atoms with Crippen molar-refractivity contribution in [3.05, 3.63) is 58.9 Å². The van der Waals surface area contributed by atoms with E-state index in [9.17, 15) is 9.59 Å². The number of carbonyl (C=O) groups is 2. The van der Waals surface area contributed by atoms with Gasteiger partial charge in [0.05, 0.1) is 5.69 Å². The van der Waals surface area contributed by atoms with Crippen molar-refractivity contribution < 1.29 is 9.59 Å². The van der Waals surface area contributed by atoms with E-state index in [1.807, 2.05) is 38.1 Å². The zero-order valence-corrected chi connectivity index (χ0v) is 13.5. The predicted octanol–water partition coefficient (Wildman–Crippen LogP) is 2.59. The van der Waals surface area contributed by atoms with E-state index in [0.717, 1.165) is 23.5 Å². The Kier molecular flexibility index (Phi) is 3.78. The van der Waals surface area contributed by atoms with Crippen LogP contribution in [0.3, 0.4) is 0 Å². The van der Waals surface area contributed by atoms with Gasteiger partial charge in [-0.2, -0.15) is 0 Å². The number of hydrazine groups is 1. The molecule has 0 spiro atoms. The van der Waals surface area contributed by atoms with Crippen LogP contribution in [0.2, 0.25) is 0 Å². The van der Waals surface area contributed by atoms with Crippen LogP contribution in [-0.4, -0.2) is 16.4 Å². The second-order valence-electron chi connectivity index (χ2n) is 5.55. The number of anilines is 1. The smallest absolute Gasteiger partial charge is 0.282 e. The average molecular weight is 309 g/mol. The number of aryl methyl sites for hydroxylation is 1. The topological polar surface area (TPSA) is 54.3 Å². The van der Waals surface area contributed by atoms with Gasteiger partial charge in [-0.3, -0.25) is 15.0 Å². The van der Waals surface area contributed by atoms with Gasteiger partial charge in [0.15, 0.2) is 0 Å². The SMILES string of the molecule is CCn1c(C)cc(/C=C2/C(=O)NN(c3ccccc3)C2=O)c1C. The summed E-state index contributed by atoms with van der Waals surface area (Å²) < 4.78 is 2.15. The van der Waals surface area contributed by atoms with Gasteiger partial charge in [0, 0.05) is 17.9 Å². The molecule has 118 valence electrons. The highest BCUT2D eigenvalue weighted by molar-refractivity contribution is 6.31. The van der Waals surface area contributed by atoms with Crippen LogP contribution in [0.25, 0.3) is 6.08 Å². The first-order valence-corrected chi connectivity index (χ1v) is 7.62. The van der Waals surface area contributed by atoms with Crippen LogP contribution < -0.4 is 10.4 Å². The quantitative estimate of drug-likeness (QED) is 0.700. The number of para-hydroxylation sites is 1. The maximum Gasteiger partial charge on any atom is 0.282 e. The fraction of sp³-hybridized carbons (Fsp3) is 0.222. The molecular weight excluding hydrogens is 290 g/mol. The predicted molar refractivity (Wildman–Crippen MR) is 89.6 cm³/mol. The highest BCUT2D eigenvalue weighted by Crippen LogP contribution is 2.23. The Labute approximate surface area is 135 Å². The molecule has 1 aromatic heterocycles. The third-order valence-corrected chi connectivity index (χ3v) is 4.13. The van der Waals surface area contributed by atoms with Gasteiger partial charge in [-0.1, -0.05) is 18.2 Å². The Bertz CT molecular complexity index is 803. The normalized spacial score (nSPS) is 16.3. The van der Waals surface area contributed by atoms with E-state index in [0.29, 0.717) is 5.69 Å². The summed E-state index contributed by atoms with van der Waals surface area (Å²) in [6, 6.07) is 11.1. The minimum atomic E-state index is -0.375. The number of hydrogen-bond donors (Lipinski definition) is 1. The monoisotopic (exact) mass is 309 g/mol. The van der Waals surface area contributed by atoms with Crippen molar-refractivity contribution in [2.24, 2.45) is 0 Å². The first-order valence-electron chi connectivity index (χ1n) is 7.62. The lowest BCUT2D eigenvalue weighted by Gasteiger charge is -2.13. The molecule has 23 heavy (non-hydrogen) atoms. The minimum Gasteiger partial charge on any atom is -0.349 e. The Balaban J connectivity index is 1.98. The third-order valence-electron chi connectivity index (χ3n) is 4.13. The van der Waals surface area contributed by atoms with E-state index in [-0.39, 0.29) is 17.4 Å². The number of aromatic nitrogens is 1. The van der Waals surface area contributed by atoms with E-state index in [1.165, 1.54) is 5.01 Å². The molecule has 2 amide bonds. The van der Waals surface area contributed by atoms with Crippen LogP contribution in [0.15, 0.2) is 42.0 Å². The van der Waals surface area contributed by atoms with Crippen molar-refractivity contribution in [1.29, 1.82) is 0 Å². The third kappa shape index (κ3) is 2.54. The van der Waals surface area contributed by atoms with Gasteiger partial charge < -0.3 is 4.57 Å². The molecule has 1 N–H and O–H groups in total. The second-order valence-corrected chi connectivity index (χ2v) is 5.55. The van der Waals surface area contributed by atoms with Crippen LogP contribution in [0.4, 0.5) is 5.69 Å². The molecule has 0 unspecified atom stereocenters. The second kappa shape index (κ2) is 5.76. The Morgan fingerprint density at radius 1 is 1.13 bits per heavy atom. The molecule has 1 aliphatic rings. The molecule has 3 rings (SSSR count). The van der Waals surface area contributed by atoms with Gasteiger partial charge in [-0.15, -0.1) is 0 Å². The molecule has 0 atom stereocenters. The Morgan fingerprint density at radius 3 is 2.43 bits per heavy atom. The summed E-state index contributed by atoms with van der Waals surface area (Å²) in [5.74, 6) is -0.706. The maximum atomic E-state index is 12.6. The lowest BCUT2D eigenvalue weighted by Crippen LogP contribution is -2.35. The lowest BCUT2D eigenvalue weighted by atomic mass is 10.1. The van der Waals surface area contributed by atoms with Gasteiger partial charge in [-0.25, -0.2) is 5.01 Å². The van der Waals surface area contributed by atoms with Gasteiger partial charge in [0.25, 0.3) is 11.8 Å².